The van der Waals surface area contributed by atoms with E-state index in [1.807, 2.05) is 6.20 Å². The molecule has 2 aliphatic heterocycles. The number of halogens is 2. The number of hydrogen-bond donors (Lipinski definition) is 1. The van der Waals surface area contributed by atoms with Crippen LogP contribution in [0.15, 0.2) is 34.6 Å². The molecule has 7 heteroatoms. The molecule has 1 unspecified atom stereocenters. The second-order valence-corrected chi connectivity index (χ2v) is 10.2. The number of amides is 1. The maximum absolute atomic E-state index is 12.2. The molecule has 3 heterocycles. The number of rotatable bonds is 10. The first-order valence-electron chi connectivity index (χ1n) is 12.1. The summed E-state index contributed by atoms with van der Waals surface area (Å²) in [5, 5.41) is 3.43. The summed E-state index contributed by atoms with van der Waals surface area (Å²) in [6.07, 6.45) is 12.3. The molecule has 0 bridgehead atoms. The lowest BCUT2D eigenvalue weighted by Crippen LogP contribution is -2.35. The van der Waals surface area contributed by atoms with Crippen LogP contribution < -0.4 is 5.32 Å². The van der Waals surface area contributed by atoms with Crippen molar-refractivity contribution in [2.45, 2.75) is 57.9 Å². The fourth-order valence-electron chi connectivity index (χ4n) is 4.43. The van der Waals surface area contributed by atoms with Crippen molar-refractivity contribution in [3.05, 3.63) is 40.8 Å². The van der Waals surface area contributed by atoms with Crippen LogP contribution in [0.25, 0.3) is 0 Å². The Morgan fingerprint density at radius 3 is 2.67 bits per heavy atom. The van der Waals surface area contributed by atoms with Gasteiger partial charge in [-0.3, -0.25) is 9.78 Å². The number of hydrogen-bond acceptors (Lipinski definition) is 4. The molecule has 5 nitrogen and oxygen atoms in total. The Bertz CT molecular complexity index is 935. The summed E-state index contributed by atoms with van der Waals surface area (Å²) >= 11 is 11.8. The predicted octanol–water partition coefficient (Wildman–Crippen LogP) is 4.88. The third-order valence-electron chi connectivity index (χ3n) is 6.69. The average molecular weight is 487 g/mol. The quantitative estimate of drug-likeness (QED) is 0.378. The fourth-order valence-corrected chi connectivity index (χ4v) is 4.86. The molecule has 1 amide bonds. The molecule has 1 atom stereocenters. The minimum Gasteiger partial charge on any atom is -0.352 e. The number of aliphatic imine (C=N–C) groups is 1. The number of likely N-dealkylation sites (tertiary alicyclic amines) is 1. The van der Waals surface area contributed by atoms with E-state index in [2.05, 4.69) is 44.2 Å². The molecule has 2 fully saturated rings. The molecule has 1 aromatic rings. The summed E-state index contributed by atoms with van der Waals surface area (Å²) in [6, 6.07) is 4.17. The Morgan fingerprint density at radius 1 is 1.12 bits per heavy atom. The van der Waals surface area contributed by atoms with Crippen molar-refractivity contribution in [3.63, 3.8) is 0 Å². The number of carbonyl (C=O) groups excluding carboxylic acids is 1. The molecule has 0 radical (unpaired) electrons. The van der Waals surface area contributed by atoms with Crippen molar-refractivity contribution >= 4 is 34.3 Å². The van der Waals surface area contributed by atoms with Gasteiger partial charge >= 0.3 is 0 Å². The fraction of sp³-hybridized carbons (Fsp3) is 0.577. The van der Waals surface area contributed by atoms with Crippen LogP contribution in [0, 0.1) is 29.6 Å². The summed E-state index contributed by atoms with van der Waals surface area (Å²) in [4.78, 5) is 23.4. The van der Waals surface area contributed by atoms with Crippen molar-refractivity contribution in [2.24, 2.45) is 22.7 Å². The number of aryl methyl sites for hydroxylation is 1. The van der Waals surface area contributed by atoms with Gasteiger partial charge in [-0.05, 0) is 93.5 Å². The number of carbonyl (C=O) groups is 1. The van der Waals surface area contributed by atoms with E-state index in [4.69, 9.17) is 23.2 Å². The Hall–Kier alpha value is -1.87. The highest BCUT2D eigenvalue weighted by atomic mass is 35.5. The van der Waals surface area contributed by atoms with Gasteiger partial charge in [0.25, 0.3) is 0 Å². The highest BCUT2D eigenvalue weighted by molar-refractivity contribution is 6.70. The summed E-state index contributed by atoms with van der Waals surface area (Å²) in [7, 11) is 0. The highest BCUT2D eigenvalue weighted by Gasteiger charge is 2.26. The Balaban J connectivity index is 1.12. The Labute approximate surface area is 207 Å². The van der Waals surface area contributed by atoms with Crippen molar-refractivity contribution in [1.29, 1.82) is 0 Å². The van der Waals surface area contributed by atoms with Crippen LogP contribution in [0.1, 0.15) is 56.2 Å². The lowest BCUT2D eigenvalue weighted by Gasteiger charge is -2.32. The first-order chi connectivity index (χ1) is 16.0. The average Bonchev–Trinajstić information content (AvgIpc) is 3.64. The third-order valence-corrected chi connectivity index (χ3v) is 7.08. The topological polar surface area (TPSA) is 57.6 Å². The largest absolute Gasteiger partial charge is 0.352 e. The monoisotopic (exact) mass is 486 g/mol. The van der Waals surface area contributed by atoms with E-state index >= 15 is 0 Å². The molecule has 1 saturated heterocycles. The minimum atomic E-state index is -0.130. The molecule has 1 aliphatic carbocycles. The molecule has 1 saturated carbocycles. The van der Waals surface area contributed by atoms with Gasteiger partial charge in [0.05, 0.1) is 0 Å². The summed E-state index contributed by atoms with van der Waals surface area (Å²) < 4.78 is 0. The van der Waals surface area contributed by atoms with Gasteiger partial charge in [-0.25, -0.2) is 4.99 Å². The molecular formula is C26H32Cl2N4O. The maximum atomic E-state index is 12.2. The van der Waals surface area contributed by atoms with Crippen LogP contribution in [-0.4, -0.2) is 40.6 Å². The molecule has 0 spiro atoms. The minimum absolute atomic E-state index is 0.0188. The number of nitrogens with one attached hydrogen (secondary N) is 1. The van der Waals surface area contributed by atoms with E-state index in [0.29, 0.717) is 24.5 Å². The summed E-state index contributed by atoms with van der Waals surface area (Å²) in [6.45, 7) is 4.35. The smallest absolute Gasteiger partial charge is 0.220 e. The lowest BCUT2D eigenvalue weighted by molar-refractivity contribution is -0.121. The summed E-state index contributed by atoms with van der Waals surface area (Å²) in [5.74, 6) is 7.39. The van der Waals surface area contributed by atoms with Gasteiger partial charge < -0.3 is 10.2 Å². The van der Waals surface area contributed by atoms with Crippen molar-refractivity contribution in [3.8, 4) is 11.8 Å². The van der Waals surface area contributed by atoms with Crippen LogP contribution in [0.2, 0.25) is 0 Å². The van der Waals surface area contributed by atoms with Crippen LogP contribution in [0.5, 0.6) is 0 Å². The van der Waals surface area contributed by atoms with E-state index in [1.165, 1.54) is 51.7 Å². The van der Waals surface area contributed by atoms with Gasteiger partial charge in [-0.1, -0.05) is 35.2 Å². The van der Waals surface area contributed by atoms with E-state index in [1.54, 1.807) is 6.08 Å². The standard InChI is InChI=1S/C26H32Cl2N4O/c27-24-9-5-20(15-25(28)31-24)6-10-26(33)30-17-22-4-8-23(29-16-22)7-3-19-11-13-32(14-12-19)18-21-1-2-21/h4,8,15-16,19-21H,1-3,6-7,10-14,17-18H2,(H,30,33). The number of piperidine rings is 1. The molecule has 176 valence electrons. The number of nitrogens with zero attached hydrogens (tertiary/aromatic N) is 3. The second-order valence-electron chi connectivity index (χ2n) is 9.47. The zero-order chi connectivity index (χ0) is 23.0. The number of aromatic nitrogens is 1. The van der Waals surface area contributed by atoms with Crippen molar-refractivity contribution in [2.75, 3.05) is 19.6 Å². The predicted molar refractivity (Wildman–Crippen MR) is 134 cm³/mol. The van der Waals surface area contributed by atoms with Crippen LogP contribution >= 0.6 is 23.2 Å². The van der Waals surface area contributed by atoms with E-state index in [-0.39, 0.29) is 17.0 Å². The zero-order valence-corrected chi connectivity index (χ0v) is 20.5. The molecule has 1 aromatic heterocycles. The molecule has 0 aromatic carbocycles. The van der Waals surface area contributed by atoms with Gasteiger partial charge in [0.1, 0.15) is 5.16 Å². The van der Waals surface area contributed by atoms with Gasteiger partial charge in [0, 0.05) is 37.3 Å². The van der Waals surface area contributed by atoms with Crippen LogP contribution in [-0.2, 0) is 17.8 Å². The second kappa shape index (κ2) is 12.0. The van der Waals surface area contributed by atoms with Gasteiger partial charge in [-0.15, -0.1) is 0 Å². The first kappa shape index (κ1) is 24.3. The normalized spacial score (nSPS) is 21.5. The Morgan fingerprint density at radius 2 is 1.94 bits per heavy atom. The molecule has 4 rings (SSSR count). The van der Waals surface area contributed by atoms with Crippen LogP contribution in [0.4, 0.5) is 0 Å². The van der Waals surface area contributed by atoms with Gasteiger partial charge in [-0.2, -0.15) is 0 Å². The van der Waals surface area contributed by atoms with Crippen molar-refractivity contribution < 1.29 is 4.79 Å². The highest BCUT2D eigenvalue weighted by Crippen LogP contribution is 2.31. The van der Waals surface area contributed by atoms with Crippen LogP contribution in [0.3, 0.4) is 0 Å². The molecule has 1 N–H and O–H groups in total. The van der Waals surface area contributed by atoms with E-state index < -0.39 is 0 Å². The van der Waals surface area contributed by atoms with Gasteiger partial charge in [0.15, 0.2) is 5.17 Å². The molecule has 3 aliphatic rings. The molecule has 33 heavy (non-hydrogen) atoms. The summed E-state index contributed by atoms with van der Waals surface area (Å²) in [5.41, 5.74) is 2.15. The van der Waals surface area contributed by atoms with Crippen molar-refractivity contribution in [1.82, 2.24) is 15.2 Å². The SMILES string of the molecule is O=C(CCC1C#CC(Cl)=NC(Cl)=C1)NCc1ccc(CCC2CCN(CC3CC3)CC2)nc1. The third kappa shape index (κ3) is 8.45. The molecular weight excluding hydrogens is 455 g/mol. The number of pyridine rings is 1. The van der Waals surface area contributed by atoms with E-state index in [9.17, 15) is 4.79 Å². The van der Waals surface area contributed by atoms with Gasteiger partial charge in [0.2, 0.25) is 5.91 Å². The zero-order valence-electron chi connectivity index (χ0n) is 19.0. The number of allylic oxidation sites excluding steroid dienone is 1. The maximum Gasteiger partial charge on any atom is 0.220 e. The van der Waals surface area contributed by atoms with E-state index in [0.717, 1.165) is 29.5 Å². The first-order valence-corrected chi connectivity index (χ1v) is 12.8. The Kier molecular flexibility index (Phi) is 8.83. The lowest BCUT2D eigenvalue weighted by atomic mass is 9.91.